The van der Waals surface area contributed by atoms with Gasteiger partial charge in [0.15, 0.2) is 5.75 Å². The van der Waals surface area contributed by atoms with Crippen LogP contribution in [-0.4, -0.2) is 4.92 Å². The van der Waals surface area contributed by atoms with E-state index in [1.807, 2.05) is 18.2 Å². The van der Waals surface area contributed by atoms with Crippen LogP contribution in [0.2, 0.25) is 0 Å². The molecule has 2 N–H and O–H groups in total. The summed E-state index contributed by atoms with van der Waals surface area (Å²) in [6.45, 7) is 4.13. The lowest BCUT2D eigenvalue weighted by molar-refractivity contribution is -0.384. The van der Waals surface area contributed by atoms with Gasteiger partial charge in [-0.3, -0.25) is 10.1 Å². The number of rotatable bonds is 4. The normalized spacial score (nSPS) is 10.7. The number of nitro benzene ring substituents is 1. The SMILES string of the molecule is CC(C)c1cc(Br)ccc1Oc1ccc([N+](=O)[O-])cc1N. The molecule has 0 unspecified atom stereocenters. The van der Waals surface area contributed by atoms with E-state index < -0.39 is 4.92 Å². The molecule has 2 rings (SSSR count). The largest absolute Gasteiger partial charge is 0.455 e. The van der Waals surface area contributed by atoms with E-state index in [9.17, 15) is 10.1 Å². The summed E-state index contributed by atoms with van der Waals surface area (Å²) in [6.07, 6.45) is 0. The van der Waals surface area contributed by atoms with Gasteiger partial charge in [0.25, 0.3) is 5.69 Å². The Morgan fingerprint density at radius 2 is 1.86 bits per heavy atom. The van der Waals surface area contributed by atoms with Crippen LogP contribution in [0.25, 0.3) is 0 Å². The lowest BCUT2D eigenvalue weighted by Gasteiger charge is -2.15. The minimum Gasteiger partial charge on any atom is -0.455 e. The Hall–Kier alpha value is -2.08. The molecule has 0 atom stereocenters. The van der Waals surface area contributed by atoms with Crippen LogP contribution in [0.15, 0.2) is 40.9 Å². The zero-order valence-electron chi connectivity index (χ0n) is 11.7. The molecule has 0 radical (unpaired) electrons. The van der Waals surface area contributed by atoms with Gasteiger partial charge < -0.3 is 10.5 Å². The van der Waals surface area contributed by atoms with E-state index in [-0.39, 0.29) is 17.3 Å². The monoisotopic (exact) mass is 350 g/mol. The molecule has 0 aromatic heterocycles. The average Bonchev–Trinajstić information content (AvgIpc) is 2.42. The molecule has 2 aromatic rings. The lowest BCUT2D eigenvalue weighted by Crippen LogP contribution is -1.98. The van der Waals surface area contributed by atoms with Crippen LogP contribution in [0.5, 0.6) is 11.5 Å². The highest BCUT2D eigenvalue weighted by atomic mass is 79.9. The van der Waals surface area contributed by atoms with E-state index in [4.69, 9.17) is 10.5 Å². The summed E-state index contributed by atoms with van der Waals surface area (Å²) in [5, 5.41) is 10.7. The summed E-state index contributed by atoms with van der Waals surface area (Å²) < 4.78 is 6.79. The number of nitrogens with two attached hydrogens (primary N) is 1. The van der Waals surface area contributed by atoms with Gasteiger partial charge in [0.05, 0.1) is 10.6 Å². The summed E-state index contributed by atoms with van der Waals surface area (Å²) in [7, 11) is 0. The third kappa shape index (κ3) is 3.52. The topological polar surface area (TPSA) is 78.4 Å². The Morgan fingerprint density at radius 1 is 1.19 bits per heavy atom. The summed E-state index contributed by atoms with van der Waals surface area (Å²) >= 11 is 3.43. The fourth-order valence-electron chi connectivity index (χ4n) is 1.92. The summed E-state index contributed by atoms with van der Waals surface area (Å²) in [4.78, 5) is 10.2. The van der Waals surface area contributed by atoms with Gasteiger partial charge in [-0.05, 0) is 35.7 Å². The second-order valence-corrected chi connectivity index (χ2v) is 5.83. The molecule has 0 heterocycles. The van der Waals surface area contributed by atoms with Crippen LogP contribution >= 0.6 is 15.9 Å². The molecule has 0 saturated carbocycles. The molecule has 0 fully saturated rings. The highest BCUT2D eigenvalue weighted by molar-refractivity contribution is 9.10. The second-order valence-electron chi connectivity index (χ2n) is 4.92. The maximum absolute atomic E-state index is 10.7. The molecule has 0 bridgehead atoms. The van der Waals surface area contributed by atoms with E-state index in [1.54, 1.807) is 0 Å². The van der Waals surface area contributed by atoms with Crippen LogP contribution < -0.4 is 10.5 Å². The van der Waals surface area contributed by atoms with E-state index in [2.05, 4.69) is 29.8 Å². The molecule has 0 aliphatic heterocycles. The van der Waals surface area contributed by atoms with Crippen molar-refractivity contribution < 1.29 is 9.66 Å². The van der Waals surface area contributed by atoms with Gasteiger partial charge in [-0.25, -0.2) is 0 Å². The first-order valence-electron chi connectivity index (χ1n) is 6.39. The van der Waals surface area contributed by atoms with Crippen molar-refractivity contribution in [1.29, 1.82) is 0 Å². The number of hydrogen-bond donors (Lipinski definition) is 1. The fourth-order valence-corrected chi connectivity index (χ4v) is 2.30. The van der Waals surface area contributed by atoms with Crippen LogP contribution in [0.4, 0.5) is 11.4 Å². The first kappa shape index (κ1) is 15.3. The molecule has 21 heavy (non-hydrogen) atoms. The third-order valence-electron chi connectivity index (χ3n) is 3.02. The molecule has 0 aliphatic rings. The zero-order chi connectivity index (χ0) is 15.6. The Kier molecular flexibility index (Phi) is 4.47. The highest BCUT2D eigenvalue weighted by Gasteiger charge is 2.13. The number of hydrogen-bond acceptors (Lipinski definition) is 4. The standard InChI is InChI=1S/C15H15BrN2O3/c1-9(2)12-7-10(16)3-5-14(12)21-15-6-4-11(18(19)20)8-13(15)17/h3-9H,17H2,1-2H3. The van der Waals surface area contributed by atoms with Gasteiger partial charge in [-0.15, -0.1) is 0 Å². The number of halogens is 1. The molecular formula is C15H15BrN2O3. The first-order valence-corrected chi connectivity index (χ1v) is 7.19. The van der Waals surface area contributed by atoms with Crippen molar-refractivity contribution in [3.8, 4) is 11.5 Å². The number of nitrogens with zero attached hydrogens (tertiary/aromatic N) is 1. The molecule has 6 heteroatoms. The van der Waals surface area contributed by atoms with Crippen LogP contribution in [-0.2, 0) is 0 Å². The molecule has 0 spiro atoms. The van der Waals surface area contributed by atoms with Crippen molar-refractivity contribution >= 4 is 27.3 Å². The predicted molar refractivity (Wildman–Crippen MR) is 85.8 cm³/mol. The Morgan fingerprint density at radius 3 is 2.43 bits per heavy atom. The maximum atomic E-state index is 10.7. The smallest absolute Gasteiger partial charge is 0.271 e. The van der Waals surface area contributed by atoms with Gasteiger partial charge in [-0.2, -0.15) is 0 Å². The number of benzene rings is 2. The lowest BCUT2D eigenvalue weighted by atomic mass is 10.0. The highest BCUT2D eigenvalue weighted by Crippen LogP contribution is 2.36. The minimum absolute atomic E-state index is 0.0558. The fraction of sp³-hybridized carbons (Fsp3) is 0.200. The van der Waals surface area contributed by atoms with Gasteiger partial charge >= 0.3 is 0 Å². The number of non-ortho nitro benzene ring substituents is 1. The third-order valence-corrected chi connectivity index (χ3v) is 3.51. The van der Waals surface area contributed by atoms with Crippen molar-refractivity contribution in [3.63, 3.8) is 0 Å². The zero-order valence-corrected chi connectivity index (χ0v) is 13.3. The van der Waals surface area contributed by atoms with Crippen molar-refractivity contribution in [2.24, 2.45) is 0 Å². The molecule has 0 aliphatic carbocycles. The molecule has 2 aromatic carbocycles. The summed E-state index contributed by atoms with van der Waals surface area (Å²) in [5.74, 6) is 1.37. The minimum atomic E-state index is -0.487. The van der Waals surface area contributed by atoms with Gasteiger partial charge in [0.1, 0.15) is 5.75 Å². The molecule has 0 saturated heterocycles. The molecule has 0 amide bonds. The van der Waals surface area contributed by atoms with Crippen LogP contribution in [0.3, 0.4) is 0 Å². The van der Waals surface area contributed by atoms with Crippen molar-refractivity contribution in [2.75, 3.05) is 5.73 Å². The quantitative estimate of drug-likeness (QED) is 0.485. The number of ether oxygens (including phenoxy) is 1. The number of anilines is 1. The van der Waals surface area contributed by atoms with Crippen molar-refractivity contribution in [3.05, 3.63) is 56.5 Å². The summed E-state index contributed by atoms with van der Waals surface area (Å²) in [5.41, 5.74) is 7.04. The van der Waals surface area contributed by atoms with Crippen LogP contribution in [0.1, 0.15) is 25.3 Å². The first-order chi connectivity index (χ1) is 9.88. The van der Waals surface area contributed by atoms with E-state index in [0.717, 1.165) is 10.0 Å². The van der Waals surface area contributed by atoms with E-state index >= 15 is 0 Å². The van der Waals surface area contributed by atoms with Gasteiger partial charge in [-0.1, -0.05) is 29.8 Å². The Labute approximate surface area is 131 Å². The van der Waals surface area contributed by atoms with Crippen molar-refractivity contribution in [1.82, 2.24) is 0 Å². The van der Waals surface area contributed by atoms with E-state index in [1.165, 1.54) is 18.2 Å². The second kappa shape index (κ2) is 6.13. The van der Waals surface area contributed by atoms with Crippen LogP contribution in [0, 0.1) is 10.1 Å². The van der Waals surface area contributed by atoms with Gasteiger partial charge in [0, 0.05) is 16.6 Å². The average molecular weight is 351 g/mol. The molecule has 110 valence electrons. The van der Waals surface area contributed by atoms with Gasteiger partial charge in [0.2, 0.25) is 0 Å². The Bertz CT molecular complexity index is 687. The molecule has 5 nitrogen and oxygen atoms in total. The number of nitrogen functional groups attached to an aromatic ring is 1. The van der Waals surface area contributed by atoms with Crippen molar-refractivity contribution in [2.45, 2.75) is 19.8 Å². The Balaban J connectivity index is 2.36. The van der Waals surface area contributed by atoms with E-state index in [0.29, 0.717) is 11.5 Å². The molecular weight excluding hydrogens is 336 g/mol. The number of nitro groups is 1. The summed E-state index contributed by atoms with van der Waals surface area (Å²) in [6, 6.07) is 9.90. The maximum Gasteiger partial charge on any atom is 0.271 e. The predicted octanol–water partition coefficient (Wildman–Crippen LogP) is 4.86.